The SMILES string of the molecule is C=C1/C=C(Cl)\C(C#N)=C/CN(C[C@H]2CCC[C@]3(C2)CN(CC(C)(C)C)C(=O)O3)/C=N\1. The van der Waals surface area contributed by atoms with Gasteiger partial charge in [-0.2, -0.15) is 5.26 Å². The molecule has 1 saturated carbocycles. The van der Waals surface area contributed by atoms with Crippen LogP contribution in [-0.2, 0) is 4.74 Å². The Bertz CT molecular complexity index is 833. The van der Waals surface area contributed by atoms with E-state index in [-0.39, 0.29) is 17.1 Å². The Hall–Kier alpha value is -2.26. The van der Waals surface area contributed by atoms with Gasteiger partial charge in [0.15, 0.2) is 0 Å². The minimum absolute atomic E-state index is 0.0423. The quantitative estimate of drug-likeness (QED) is 0.642. The van der Waals surface area contributed by atoms with Gasteiger partial charge in [0.1, 0.15) is 11.7 Å². The number of aliphatic imine (C=N–C) groups is 1. The smallest absolute Gasteiger partial charge is 0.410 e. The van der Waals surface area contributed by atoms with Gasteiger partial charge in [0.25, 0.3) is 0 Å². The van der Waals surface area contributed by atoms with E-state index in [2.05, 4.69) is 43.3 Å². The van der Waals surface area contributed by atoms with E-state index >= 15 is 0 Å². The van der Waals surface area contributed by atoms with E-state index in [4.69, 9.17) is 16.3 Å². The van der Waals surface area contributed by atoms with Crippen LogP contribution in [0.25, 0.3) is 0 Å². The van der Waals surface area contributed by atoms with E-state index in [1.165, 1.54) is 0 Å². The van der Waals surface area contributed by atoms with Crippen LogP contribution >= 0.6 is 11.6 Å². The molecule has 1 aliphatic carbocycles. The van der Waals surface area contributed by atoms with Crippen LogP contribution in [0.2, 0.25) is 0 Å². The molecule has 0 unspecified atom stereocenters. The summed E-state index contributed by atoms with van der Waals surface area (Å²) >= 11 is 6.19. The maximum Gasteiger partial charge on any atom is 0.410 e. The van der Waals surface area contributed by atoms with Crippen molar-refractivity contribution in [1.82, 2.24) is 9.80 Å². The number of hydrogen-bond acceptors (Lipinski definition) is 5. The highest BCUT2D eigenvalue weighted by Gasteiger charge is 2.48. The third-order valence-electron chi connectivity index (χ3n) is 5.69. The lowest BCUT2D eigenvalue weighted by Crippen LogP contribution is -2.43. The Balaban J connectivity index is 1.68. The largest absolute Gasteiger partial charge is 0.441 e. The molecular formula is C23H31ClN4O2. The van der Waals surface area contributed by atoms with Gasteiger partial charge in [0, 0.05) is 19.6 Å². The van der Waals surface area contributed by atoms with Crippen molar-refractivity contribution < 1.29 is 9.53 Å². The first-order valence-electron chi connectivity index (χ1n) is 10.5. The summed E-state index contributed by atoms with van der Waals surface area (Å²) in [6.07, 6.45) is 8.89. The molecule has 0 bridgehead atoms. The van der Waals surface area contributed by atoms with Gasteiger partial charge in [-0.05, 0) is 49.2 Å². The molecule has 1 spiro atoms. The van der Waals surface area contributed by atoms with Gasteiger partial charge in [-0.1, -0.05) is 39.0 Å². The molecule has 2 fully saturated rings. The van der Waals surface area contributed by atoms with E-state index in [1.807, 2.05) is 11.0 Å². The van der Waals surface area contributed by atoms with Crippen LogP contribution in [0.5, 0.6) is 0 Å². The van der Waals surface area contributed by atoms with Crippen LogP contribution in [0.3, 0.4) is 0 Å². The molecule has 7 heteroatoms. The Kier molecular flexibility index (Phi) is 6.62. The van der Waals surface area contributed by atoms with Gasteiger partial charge in [0.05, 0.1) is 29.2 Å². The number of hydrogen-bond donors (Lipinski definition) is 0. The molecule has 2 heterocycles. The lowest BCUT2D eigenvalue weighted by Gasteiger charge is -2.38. The summed E-state index contributed by atoms with van der Waals surface area (Å²) in [5, 5.41) is 9.70. The Morgan fingerprint density at radius 3 is 2.93 bits per heavy atom. The average molecular weight is 431 g/mol. The number of allylic oxidation sites excluding steroid dienone is 3. The van der Waals surface area contributed by atoms with E-state index < -0.39 is 0 Å². The molecule has 0 aromatic heterocycles. The summed E-state index contributed by atoms with van der Waals surface area (Å²) < 4.78 is 5.94. The van der Waals surface area contributed by atoms with Crippen LogP contribution in [-0.4, -0.2) is 54.0 Å². The molecule has 162 valence electrons. The summed E-state index contributed by atoms with van der Waals surface area (Å²) in [6.45, 7) is 13.0. The molecule has 0 aromatic carbocycles. The maximum absolute atomic E-state index is 12.5. The summed E-state index contributed by atoms with van der Waals surface area (Å²) in [5.41, 5.74) is 0.594. The van der Waals surface area contributed by atoms with E-state index in [0.29, 0.717) is 41.9 Å². The molecule has 0 radical (unpaired) electrons. The molecule has 0 aromatic rings. The number of amides is 1. The monoisotopic (exact) mass is 430 g/mol. The standard InChI is InChI=1S/C23H31ClN4O2/c1-17-10-20(24)19(12-25)7-9-27(16-26-17)13-18-6-5-8-23(11-18)15-28(21(29)30-23)14-22(2,3)4/h7,10,16,18H,1,5-6,8-9,11,13-15H2,2-4H3/b19-7-,20-10+,26-16-/t18-,23-/m0/s1. The van der Waals surface area contributed by atoms with Crippen LogP contribution in [0, 0.1) is 22.7 Å². The van der Waals surface area contributed by atoms with Crippen LogP contribution in [0.4, 0.5) is 4.79 Å². The van der Waals surface area contributed by atoms with Crippen LogP contribution < -0.4 is 0 Å². The molecule has 1 amide bonds. The van der Waals surface area contributed by atoms with Gasteiger partial charge >= 0.3 is 6.09 Å². The number of carbonyl (C=O) groups excluding carboxylic acids is 1. The highest BCUT2D eigenvalue weighted by molar-refractivity contribution is 6.32. The van der Waals surface area contributed by atoms with Crippen molar-refractivity contribution in [3.05, 3.63) is 35.0 Å². The Morgan fingerprint density at radius 1 is 1.47 bits per heavy atom. The summed E-state index contributed by atoms with van der Waals surface area (Å²) in [7, 11) is 0. The summed E-state index contributed by atoms with van der Waals surface area (Å²) in [5.74, 6) is 0.379. The minimum Gasteiger partial charge on any atom is -0.441 e. The van der Waals surface area contributed by atoms with Crippen molar-refractivity contribution in [2.45, 2.75) is 52.1 Å². The third kappa shape index (κ3) is 5.66. The zero-order valence-electron chi connectivity index (χ0n) is 18.2. The molecule has 0 N–H and O–H groups in total. The van der Waals surface area contributed by atoms with E-state index in [0.717, 1.165) is 32.2 Å². The molecule has 30 heavy (non-hydrogen) atoms. The number of ether oxygens (including phenoxy) is 1. The number of nitriles is 1. The Morgan fingerprint density at radius 2 is 2.23 bits per heavy atom. The van der Waals surface area contributed by atoms with E-state index in [1.54, 1.807) is 12.4 Å². The molecular weight excluding hydrogens is 400 g/mol. The minimum atomic E-state index is -0.385. The topological polar surface area (TPSA) is 68.9 Å². The average Bonchev–Trinajstić information content (AvgIpc) is 2.94. The first kappa shape index (κ1) is 22.4. The van der Waals surface area contributed by atoms with Crippen molar-refractivity contribution in [2.75, 3.05) is 26.2 Å². The van der Waals surface area contributed by atoms with Crippen LogP contribution in [0.15, 0.2) is 40.0 Å². The van der Waals surface area contributed by atoms with Crippen molar-refractivity contribution in [1.29, 1.82) is 5.26 Å². The highest BCUT2D eigenvalue weighted by Crippen LogP contribution is 2.40. The second kappa shape index (κ2) is 8.85. The second-order valence-electron chi connectivity index (χ2n) is 9.84. The maximum atomic E-state index is 12.5. The molecule has 2 aliphatic heterocycles. The number of nitrogens with zero attached hydrogens (tertiary/aromatic N) is 4. The van der Waals surface area contributed by atoms with Gasteiger partial charge < -0.3 is 14.5 Å². The number of rotatable bonds is 3. The zero-order chi connectivity index (χ0) is 21.9. The highest BCUT2D eigenvalue weighted by atomic mass is 35.5. The van der Waals surface area contributed by atoms with Crippen molar-refractivity contribution >= 4 is 24.0 Å². The fraction of sp³-hybridized carbons (Fsp3) is 0.609. The predicted molar refractivity (Wildman–Crippen MR) is 119 cm³/mol. The first-order chi connectivity index (χ1) is 14.1. The van der Waals surface area contributed by atoms with Crippen molar-refractivity contribution in [3.8, 4) is 6.07 Å². The van der Waals surface area contributed by atoms with Gasteiger partial charge in [-0.15, -0.1) is 0 Å². The molecule has 3 rings (SSSR count). The normalized spacial score (nSPS) is 32.3. The molecule has 6 nitrogen and oxygen atoms in total. The van der Waals surface area contributed by atoms with Gasteiger partial charge in [-0.25, -0.2) is 9.79 Å². The zero-order valence-corrected chi connectivity index (χ0v) is 18.9. The lowest BCUT2D eigenvalue weighted by atomic mass is 9.77. The molecule has 1 saturated heterocycles. The lowest BCUT2D eigenvalue weighted by molar-refractivity contribution is 0.00403. The predicted octanol–water partition coefficient (Wildman–Crippen LogP) is 4.84. The number of halogens is 1. The fourth-order valence-electron chi connectivity index (χ4n) is 4.55. The van der Waals surface area contributed by atoms with E-state index in [9.17, 15) is 10.1 Å². The third-order valence-corrected chi connectivity index (χ3v) is 6.00. The van der Waals surface area contributed by atoms with Crippen molar-refractivity contribution in [2.24, 2.45) is 16.3 Å². The Labute approximate surface area is 184 Å². The van der Waals surface area contributed by atoms with Gasteiger partial charge in [-0.3, -0.25) is 0 Å². The first-order valence-corrected chi connectivity index (χ1v) is 10.9. The molecule has 2 atom stereocenters. The summed E-state index contributed by atoms with van der Waals surface area (Å²) in [4.78, 5) is 20.8. The second-order valence-corrected chi connectivity index (χ2v) is 10.2. The fourth-order valence-corrected chi connectivity index (χ4v) is 4.79. The molecule has 3 aliphatic rings. The summed E-state index contributed by atoms with van der Waals surface area (Å²) in [6, 6.07) is 2.14. The number of carbonyl (C=O) groups is 1. The van der Waals surface area contributed by atoms with Gasteiger partial charge in [0.2, 0.25) is 0 Å². The van der Waals surface area contributed by atoms with Crippen LogP contribution in [0.1, 0.15) is 46.5 Å². The van der Waals surface area contributed by atoms with Crippen molar-refractivity contribution in [3.63, 3.8) is 0 Å².